The van der Waals surface area contributed by atoms with E-state index in [1.165, 1.54) is 0 Å². The fourth-order valence-electron chi connectivity index (χ4n) is 4.57. The van der Waals surface area contributed by atoms with Crippen molar-refractivity contribution in [2.45, 2.75) is 70.4 Å². The number of aliphatic hydroxyl groups is 2. The van der Waals surface area contributed by atoms with Gasteiger partial charge in [-0.15, -0.1) is 0 Å². The first-order valence-electron chi connectivity index (χ1n) is 9.24. The molecule has 0 radical (unpaired) electrons. The summed E-state index contributed by atoms with van der Waals surface area (Å²) >= 11 is 0. The molecule has 1 spiro atoms. The second kappa shape index (κ2) is 7.11. The molecule has 1 aliphatic heterocycles. The van der Waals surface area contributed by atoms with Crippen LogP contribution in [-0.2, 0) is 9.47 Å². The van der Waals surface area contributed by atoms with Gasteiger partial charge in [-0.3, -0.25) is 0 Å². The van der Waals surface area contributed by atoms with Crippen LogP contribution in [-0.4, -0.2) is 41.4 Å². The highest BCUT2D eigenvalue weighted by Crippen LogP contribution is 2.59. The summed E-state index contributed by atoms with van der Waals surface area (Å²) in [5, 5.41) is 20.4. The molecule has 4 heteroatoms. The Morgan fingerprint density at radius 1 is 1.17 bits per heavy atom. The van der Waals surface area contributed by atoms with Gasteiger partial charge in [0.25, 0.3) is 0 Å². The van der Waals surface area contributed by atoms with Crippen molar-refractivity contribution < 1.29 is 19.7 Å². The van der Waals surface area contributed by atoms with E-state index in [2.05, 4.69) is 25.7 Å². The van der Waals surface area contributed by atoms with Crippen LogP contribution in [0.5, 0.6) is 0 Å². The van der Waals surface area contributed by atoms with Crippen LogP contribution in [0.2, 0.25) is 0 Å². The number of rotatable bonds is 5. The average molecular weight is 322 g/mol. The molecule has 3 rings (SSSR count). The van der Waals surface area contributed by atoms with Crippen molar-refractivity contribution in [3.8, 4) is 11.8 Å². The molecule has 2 N–H and O–H groups in total. The monoisotopic (exact) mass is 322 g/mol. The minimum atomic E-state index is -0.574. The Morgan fingerprint density at radius 3 is 2.52 bits per heavy atom. The highest BCUT2D eigenvalue weighted by molar-refractivity contribution is 5.19. The van der Waals surface area contributed by atoms with E-state index >= 15 is 0 Å². The van der Waals surface area contributed by atoms with Crippen LogP contribution >= 0.6 is 0 Å². The molecule has 0 aromatic rings. The normalized spacial score (nSPS) is 35.7. The lowest BCUT2D eigenvalue weighted by Crippen LogP contribution is -2.53. The Bertz CT molecular complexity index is 456. The topological polar surface area (TPSA) is 58.9 Å². The zero-order valence-corrected chi connectivity index (χ0v) is 14.3. The number of hydrogen-bond acceptors (Lipinski definition) is 4. The van der Waals surface area contributed by atoms with Crippen LogP contribution in [0.25, 0.3) is 0 Å². The van der Waals surface area contributed by atoms with Crippen LogP contribution in [0.1, 0.15) is 52.4 Å². The largest absolute Gasteiger partial charge is 0.392 e. The minimum absolute atomic E-state index is 0.0405. The van der Waals surface area contributed by atoms with Crippen molar-refractivity contribution in [1.29, 1.82) is 0 Å². The Kier molecular flexibility index (Phi) is 5.32. The Labute approximate surface area is 139 Å². The third-order valence-corrected chi connectivity index (χ3v) is 6.17. The molecule has 1 saturated heterocycles. The standard InChI is InChI=1S/C19H30O4/c1-3-13(4-2)5-6-14(20)7-8-15-16-12-19(22-9-10-23-19)17(16)11-18(15)21/h13-18,20-21H,3-6,9-12H2,1-2H3. The number of aliphatic hydroxyl groups excluding tert-OH is 2. The lowest BCUT2D eigenvalue weighted by molar-refractivity contribution is -0.270. The maximum atomic E-state index is 10.3. The van der Waals surface area contributed by atoms with E-state index in [0.29, 0.717) is 31.5 Å². The van der Waals surface area contributed by atoms with Crippen molar-refractivity contribution in [1.82, 2.24) is 0 Å². The predicted molar refractivity (Wildman–Crippen MR) is 87.4 cm³/mol. The van der Waals surface area contributed by atoms with E-state index in [0.717, 1.165) is 32.1 Å². The third-order valence-electron chi connectivity index (χ3n) is 6.17. The van der Waals surface area contributed by atoms with Crippen LogP contribution < -0.4 is 0 Å². The zero-order valence-electron chi connectivity index (χ0n) is 14.3. The van der Waals surface area contributed by atoms with E-state index in [-0.39, 0.29) is 11.8 Å². The lowest BCUT2D eigenvalue weighted by atomic mass is 9.67. The van der Waals surface area contributed by atoms with Gasteiger partial charge in [-0.1, -0.05) is 38.5 Å². The van der Waals surface area contributed by atoms with E-state index in [1.807, 2.05) is 0 Å². The molecule has 4 nitrogen and oxygen atoms in total. The van der Waals surface area contributed by atoms with Crippen LogP contribution in [0, 0.1) is 35.5 Å². The second-order valence-electron chi connectivity index (χ2n) is 7.38. The van der Waals surface area contributed by atoms with Gasteiger partial charge in [0.2, 0.25) is 0 Å². The van der Waals surface area contributed by atoms with Gasteiger partial charge < -0.3 is 19.7 Å². The molecule has 0 bridgehead atoms. The molecule has 0 amide bonds. The SMILES string of the molecule is CCC(CC)CCC(O)C#CC1C(O)CC2C1CC21OCCO1. The molecule has 3 aliphatic rings. The summed E-state index contributed by atoms with van der Waals surface area (Å²) in [4.78, 5) is 0. The Hall–Kier alpha value is -0.600. The van der Waals surface area contributed by atoms with Crippen molar-refractivity contribution in [3.05, 3.63) is 0 Å². The Morgan fingerprint density at radius 2 is 1.87 bits per heavy atom. The van der Waals surface area contributed by atoms with Gasteiger partial charge in [-0.05, 0) is 31.1 Å². The van der Waals surface area contributed by atoms with Crippen molar-refractivity contribution in [3.63, 3.8) is 0 Å². The van der Waals surface area contributed by atoms with Gasteiger partial charge in [0.15, 0.2) is 5.79 Å². The predicted octanol–water partition coefficient (Wildman–Crippen LogP) is 2.33. The van der Waals surface area contributed by atoms with E-state index < -0.39 is 18.0 Å². The summed E-state index contributed by atoms with van der Waals surface area (Å²) in [7, 11) is 0. The van der Waals surface area contributed by atoms with Crippen molar-refractivity contribution in [2.75, 3.05) is 13.2 Å². The quantitative estimate of drug-likeness (QED) is 0.763. The van der Waals surface area contributed by atoms with Crippen LogP contribution in [0.4, 0.5) is 0 Å². The highest BCUT2D eigenvalue weighted by atomic mass is 16.7. The maximum Gasteiger partial charge on any atom is 0.172 e. The molecule has 23 heavy (non-hydrogen) atoms. The van der Waals surface area contributed by atoms with E-state index in [4.69, 9.17) is 9.47 Å². The summed E-state index contributed by atoms with van der Waals surface area (Å²) in [6.07, 6.45) is 4.60. The van der Waals surface area contributed by atoms with Gasteiger partial charge in [-0.25, -0.2) is 0 Å². The fraction of sp³-hybridized carbons (Fsp3) is 0.895. The lowest BCUT2D eigenvalue weighted by Gasteiger charge is -2.48. The summed E-state index contributed by atoms with van der Waals surface area (Å²) in [5.74, 6) is 6.97. The zero-order chi connectivity index (χ0) is 16.4. The molecule has 3 fully saturated rings. The van der Waals surface area contributed by atoms with Gasteiger partial charge >= 0.3 is 0 Å². The Balaban J connectivity index is 1.53. The summed E-state index contributed by atoms with van der Waals surface area (Å²) in [5.41, 5.74) is 0. The van der Waals surface area contributed by atoms with Crippen LogP contribution in [0.3, 0.4) is 0 Å². The first kappa shape index (κ1) is 17.2. The molecule has 2 aliphatic carbocycles. The molecule has 1 heterocycles. The van der Waals surface area contributed by atoms with E-state index in [1.54, 1.807) is 0 Å². The molecule has 2 saturated carbocycles. The van der Waals surface area contributed by atoms with Crippen molar-refractivity contribution in [2.24, 2.45) is 23.7 Å². The highest BCUT2D eigenvalue weighted by Gasteiger charge is 2.64. The summed E-state index contributed by atoms with van der Waals surface area (Å²) in [6.45, 7) is 5.70. The first-order valence-corrected chi connectivity index (χ1v) is 9.24. The second-order valence-corrected chi connectivity index (χ2v) is 7.38. The smallest absolute Gasteiger partial charge is 0.172 e. The summed E-state index contributed by atoms with van der Waals surface area (Å²) < 4.78 is 11.5. The van der Waals surface area contributed by atoms with Gasteiger partial charge in [0.05, 0.1) is 19.3 Å². The van der Waals surface area contributed by atoms with Gasteiger partial charge in [0.1, 0.15) is 6.10 Å². The van der Waals surface area contributed by atoms with Gasteiger partial charge in [0, 0.05) is 18.3 Å². The minimum Gasteiger partial charge on any atom is -0.392 e. The molecule has 0 aromatic carbocycles. The third kappa shape index (κ3) is 3.30. The van der Waals surface area contributed by atoms with E-state index in [9.17, 15) is 10.2 Å². The summed E-state index contributed by atoms with van der Waals surface area (Å²) in [6, 6.07) is 0. The van der Waals surface area contributed by atoms with Crippen LogP contribution in [0.15, 0.2) is 0 Å². The molecular formula is C19H30O4. The molecule has 5 atom stereocenters. The number of fused-ring (bicyclic) bond motifs is 2. The molecular weight excluding hydrogens is 292 g/mol. The molecule has 5 unspecified atom stereocenters. The maximum absolute atomic E-state index is 10.3. The first-order chi connectivity index (χ1) is 11.1. The van der Waals surface area contributed by atoms with Gasteiger partial charge in [-0.2, -0.15) is 0 Å². The van der Waals surface area contributed by atoms with Crippen molar-refractivity contribution >= 4 is 0 Å². The fourth-order valence-corrected chi connectivity index (χ4v) is 4.57. The molecule has 130 valence electrons. The number of hydrogen-bond donors (Lipinski definition) is 2. The number of ether oxygens (including phenoxy) is 2. The average Bonchev–Trinajstić information content (AvgIpc) is 3.12. The molecule has 0 aromatic heterocycles.